The van der Waals surface area contributed by atoms with Crippen molar-refractivity contribution in [3.05, 3.63) is 52.3 Å². The van der Waals surface area contributed by atoms with Crippen LogP contribution in [0.25, 0.3) is 0 Å². The number of hydrogen-bond donors (Lipinski definition) is 1. The second kappa shape index (κ2) is 5.63. The molecule has 18 heavy (non-hydrogen) atoms. The van der Waals surface area contributed by atoms with Gasteiger partial charge >= 0.3 is 0 Å². The lowest BCUT2D eigenvalue weighted by Gasteiger charge is -2.12. The minimum atomic E-state index is -0.702. The van der Waals surface area contributed by atoms with E-state index in [1.807, 2.05) is 17.8 Å². The number of aliphatic hydroxyl groups excluding tert-OH is 1. The Morgan fingerprint density at radius 1 is 1.50 bits per heavy atom. The van der Waals surface area contributed by atoms with Crippen LogP contribution in [0.15, 0.2) is 35.1 Å². The molecule has 0 radical (unpaired) electrons. The van der Waals surface area contributed by atoms with E-state index in [9.17, 15) is 9.50 Å². The molecule has 0 saturated carbocycles. The summed E-state index contributed by atoms with van der Waals surface area (Å²) >= 11 is 3.32. The van der Waals surface area contributed by atoms with Gasteiger partial charge in [0.25, 0.3) is 0 Å². The van der Waals surface area contributed by atoms with Crippen molar-refractivity contribution >= 4 is 15.9 Å². The number of imidazole rings is 1. The molecule has 1 atom stereocenters. The van der Waals surface area contributed by atoms with E-state index in [4.69, 9.17) is 0 Å². The van der Waals surface area contributed by atoms with Crippen LogP contribution in [0.3, 0.4) is 0 Å². The van der Waals surface area contributed by atoms with Gasteiger partial charge < -0.3 is 9.67 Å². The standard InChI is InChI=1S/C13H14BrFN2O/c1-17-7-6-16-13(17)5-4-12(18)10-8-9(15)2-3-11(10)14/h2-3,6-8,12,18H,4-5H2,1H3. The lowest BCUT2D eigenvalue weighted by molar-refractivity contribution is 0.165. The maximum absolute atomic E-state index is 13.1. The minimum Gasteiger partial charge on any atom is -0.388 e. The fourth-order valence-corrected chi connectivity index (χ4v) is 2.34. The summed E-state index contributed by atoms with van der Waals surface area (Å²) in [6, 6.07) is 4.32. The summed E-state index contributed by atoms with van der Waals surface area (Å²) in [5, 5.41) is 10.1. The van der Waals surface area contributed by atoms with Crippen LogP contribution < -0.4 is 0 Å². The molecule has 3 nitrogen and oxygen atoms in total. The van der Waals surface area contributed by atoms with E-state index in [0.717, 1.165) is 10.3 Å². The third-order valence-corrected chi connectivity index (χ3v) is 3.60. The van der Waals surface area contributed by atoms with Crippen molar-refractivity contribution in [2.24, 2.45) is 7.05 Å². The van der Waals surface area contributed by atoms with Gasteiger partial charge in [-0.25, -0.2) is 9.37 Å². The number of nitrogens with zero attached hydrogens (tertiary/aromatic N) is 2. The summed E-state index contributed by atoms with van der Waals surface area (Å²) in [5.41, 5.74) is 0.573. The highest BCUT2D eigenvalue weighted by atomic mass is 79.9. The van der Waals surface area contributed by atoms with Gasteiger partial charge in [0.05, 0.1) is 6.10 Å². The summed E-state index contributed by atoms with van der Waals surface area (Å²) < 4.78 is 15.8. The average molecular weight is 313 g/mol. The van der Waals surface area contributed by atoms with E-state index < -0.39 is 6.10 Å². The van der Waals surface area contributed by atoms with Gasteiger partial charge in [-0.15, -0.1) is 0 Å². The fraction of sp³-hybridized carbons (Fsp3) is 0.308. The van der Waals surface area contributed by atoms with Crippen molar-refractivity contribution < 1.29 is 9.50 Å². The van der Waals surface area contributed by atoms with E-state index in [0.29, 0.717) is 18.4 Å². The number of aliphatic hydroxyl groups is 1. The van der Waals surface area contributed by atoms with Crippen molar-refractivity contribution in [2.45, 2.75) is 18.9 Å². The maximum Gasteiger partial charge on any atom is 0.123 e. The molecule has 0 aliphatic carbocycles. The SMILES string of the molecule is Cn1ccnc1CCC(O)c1cc(F)ccc1Br. The molecule has 1 aromatic heterocycles. The molecule has 0 amide bonds. The Bertz CT molecular complexity index is 542. The average Bonchev–Trinajstić information content (AvgIpc) is 2.75. The van der Waals surface area contributed by atoms with Crippen molar-refractivity contribution in [2.75, 3.05) is 0 Å². The maximum atomic E-state index is 13.1. The van der Waals surface area contributed by atoms with Crippen molar-refractivity contribution in [3.8, 4) is 0 Å². The number of aromatic nitrogens is 2. The number of rotatable bonds is 4. The first kappa shape index (κ1) is 13.2. The Morgan fingerprint density at radius 3 is 2.94 bits per heavy atom. The summed E-state index contributed by atoms with van der Waals surface area (Å²) in [6.07, 6.45) is 4.03. The Hall–Kier alpha value is -1.20. The van der Waals surface area contributed by atoms with Gasteiger partial charge in [-0.1, -0.05) is 15.9 Å². The number of aryl methyl sites for hydroxylation is 2. The zero-order chi connectivity index (χ0) is 13.1. The lowest BCUT2D eigenvalue weighted by Crippen LogP contribution is -2.04. The summed E-state index contributed by atoms with van der Waals surface area (Å²) in [4.78, 5) is 4.19. The Labute approximate surface area is 113 Å². The van der Waals surface area contributed by atoms with Crippen LogP contribution in [0.4, 0.5) is 4.39 Å². The number of halogens is 2. The smallest absolute Gasteiger partial charge is 0.123 e. The normalized spacial score (nSPS) is 12.7. The van der Waals surface area contributed by atoms with E-state index in [2.05, 4.69) is 20.9 Å². The largest absolute Gasteiger partial charge is 0.388 e. The molecule has 0 spiro atoms. The Morgan fingerprint density at radius 2 is 2.28 bits per heavy atom. The predicted octanol–water partition coefficient (Wildman–Crippen LogP) is 2.99. The van der Waals surface area contributed by atoms with Gasteiger partial charge in [-0.2, -0.15) is 0 Å². The molecule has 0 saturated heterocycles. The molecular weight excluding hydrogens is 299 g/mol. The second-order valence-corrected chi connectivity index (χ2v) is 5.03. The van der Waals surface area contributed by atoms with Crippen LogP contribution >= 0.6 is 15.9 Å². The van der Waals surface area contributed by atoms with Crippen LogP contribution in [0.1, 0.15) is 23.9 Å². The van der Waals surface area contributed by atoms with Crippen LogP contribution in [-0.2, 0) is 13.5 Å². The van der Waals surface area contributed by atoms with Gasteiger partial charge in [-0.3, -0.25) is 0 Å². The summed E-state index contributed by atoms with van der Waals surface area (Å²) in [5.74, 6) is 0.561. The monoisotopic (exact) mass is 312 g/mol. The van der Waals surface area contributed by atoms with Crippen LogP contribution in [-0.4, -0.2) is 14.7 Å². The lowest BCUT2D eigenvalue weighted by atomic mass is 10.0. The first-order valence-corrected chi connectivity index (χ1v) is 6.46. The topological polar surface area (TPSA) is 38.0 Å². The molecule has 1 aromatic carbocycles. The molecule has 1 unspecified atom stereocenters. The third kappa shape index (κ3) is 2.97. The highest BCUT2D eigenvalue weighted by molar-refractivity contribution is 9.10. The van der Waals surface area contributed by atoms with E-state index in [1.165, 1.54) is 12.1 Å². The summed E-state index contributed by atoms with van der Waals surface area (Å²) in [7, 11) is 1.91. The zero-order valence-corrected chi connectivity index (χ0v) is 11.6. The number of benzene rings is 1. The van der Waals surface area contributed by atoms with Crippen LogP contribution in [0.2, 0.25) is 0 Å². The quantitative estimate of drug-likeness (QED) is 0.942. The van der Waals surface area contributed by atoms with Crippen molar-refractivity contribution in [3.63, 3.8) is 0 Å². The molecule has 1 heterocycles. The molecule has 0 aliphatic rings. The Balaban J connectivity index is 2.06. The number of hydrogen-bond acceptors (Lipinski definition) is 2. The van der Waals surface area contributed by atoms with Gasteiger partial charge in [0.15, 0.2) is 0 Å². The van der Waals surface area contributed by atoms with Crippen molar-refractivity contribution in [1.82, 2.24) is 9.55 Å². The third-order valence-electron chi connectivity index (χ3n) is 2.88. The highest BCUT2D eigenvalue weighted by Gasteiger charge is 2.13. The minimum absolute atomic E-state index is 0.343. The van der Waals surface area contributed by atoms with E-state index in [-0.39, 0.29) is 5.82 Å². The predicted molar refractivity (Wildman–Crippen MR) is 70.6 cm³/mol. The van der Waals surface area contributed by atoms with Gasteiger partial charge in [0.2, 0.25) is 0 Å². The first-order chi connectivity index (χ1) is 8.58. The molecular formula is C13H14BrFN2O. The first-order valence-electron chi connectivity index (χ1n) is 5.67. The van der Waals surface area contributed by atoms with Crippen molar-refractivity contribution in [1.29, 1.82) is 0 Å². The Kier molecular flexibility index (Phi) is 4.14. The van der Waals surface area contributed by atoms with Gasteiger partial charge in [0, 0.05) is 30.3 Å². The molecule has 1 N–H and O–H groups in total. The fourth-order valence-electron chi connectivity index (χ4n) is 1.83. The molecule has 0 aliphatic heterocycles. The molecule has 5 heteroatoms. The zero-order valence-electron chi connectivity index (χ0n) is 9.98. The van der Waals surface area contributed by atoms with Gasteiger partial charge in [0.1, 0.15) is 11.6 Å². The molecule has 2 rings (SSSR count). The van der Waals surface area contributed by atoms with Gasteiger partial charge in [-0.05, 0) is 30.2 Å². The van der Waals surface area contributed by atoms with Crippen LogP contribution in [0, 0.1) is 5.82 Å². The molecule has 96 valence electrons. The van der Waals surface area contributed by atoms with Crippen LogP contribution in [0.5, 0.6) is 0 Å². The highest BCUT2D eigenvalue weighted by Crippen LogP contribution is 2.27. The molecule has 0 fully saturated rings. The summed E-state index contributed by atoms with van der Waals surface area (Å²) in [6.45, 7) is 0. The van der Waals surface area contributed by atoms with E-state index >= 15 is 0 Å². The molecule has 2 aromatic rings. The van der Waals surface area contributed by atoms with E-state index in [1.54, 1.807) is 12.3 Å². The second-order valence-electron chi connectivity index (χ2n) is 4.17. The molecule has 0 bridgehead atoms.